The number of rotatable bonds is 12. The number of carbonyl (C=O) groups excluding carboxylic acids is 1. The Labute approximate surface area is 250 Å². The van der Waals surface area contributed by atoms with E-state index in [2.05, 4.69) is 10.5 Å². The van der Waals surface area contributed by atoms with E-state index in [1.807, 2.05) is 44.2 Å². The number of ether oxygens (including phenoxy) is 1. The van der Waals surface area contributed by atoms with Crippen LogP contribution in [0.25, 0.3) is 5.57 Å². The van der Waals surface area contributed by atoms with Gasteiger partial charge < -0.3 is 20.0 Å². The van der Waals surface area contributed by atoms with E-state index in [0.717, 1.165) is 11.6 Å². The first kappa shape index (κ1) is 33.6. The predicted molar refractivity (Wildman–Crippen MR) is 160 cm³/mol. The lowest BCUT2D eigenvalue weighted by Crippen LogP contribution is -2.48. The SMILES string of the molecule is CC(C)CC(OC1(C(F)(F)F)C=CC(c2ccccc2)=C(C=NOC(C)(C)C)C1)c1ccc(C(=O)NCCC(=O)O)cc1. The fraction of sp³-hybridized carbons (Fsp3) is 0.424. The van der Waals surface area contributed by atoms with Gasteiger partial charge in [0.25, 0.3) is 5.91 Å². The average molecular weight is 601 g/mol. The predicted octanol–water partition coefficient (Wildman–Crippen LogP) is 7.51. The molecule has 232 valence electrons. The number of benzene rings is 2. The molecule has 3 rings (SSSR count). The molecule has 0 bridgehead atoms. The smallest absolute Gasteiger partial charge is 0.421 e. The van der Waals surface area contributed by atoms with Crippen molar-refractivity contribution in [3.8, 4) is 0 Å². The van der Waals surface area contributed by atoms with Gasteiger partial charge in [-0.25, -0.2) is 0 Å². The van der Waals surface area contributed by atoms with E-state index in [1.54, 1.807) is 32.9 Å². The number of oxime groups is 1. The first-order valence-electron chi connectivity index (χ1n) is 14.1. The molecule has 0 saturated carbocycles. The van der Waals surface area contributed by atoms with Crippen molar-refractivity contribution < 1.29 is 37.4 Å². The van der Waals surface area contributed by atoms with Gasteiger partial charge in [0.2, 0.25) is 0 Å². The molecule has 2 aromatic carbocycles. The monoisotopic (exact) mass is 600 g/mol. The molecule has 2 N–H and O–H groups in total. The Balaban J connectivity index is 1.97. The van der Waals surface area contributed by atoms with Crippen molar-refractivity contribution in [1.82, 2.24) is 5.32 Å². The van der Waals surface area contributed by atoms with Crippen LogP contribution < -0.4 is 5.32 Å². The Kier molecular flexibility index (Phi) is 11.0. The number of nitrogens with one attached hydrogen (secondary N) is 1. The molecule has 0 heterocycles. The van der Waals surface area contributed by atoms with Gasteiger partial charge >= 0.3 is 12.1 Å². The summed E-state index contributed by atoms with van der Waals surface area (Å²) < 4.78 is 51.1. The van der Waals surface area contributed by atoms with Gasteiger partial charge in [0.1, 0.15) is 5.60 Å². The minimum absolute atomic E-state index is 0.00140. The number of hydrogen-bond acceptors (Lipinski definition) is 5. The minimum Gasteiger partial charge on any atom is -0.481 e. The third-order valence-corrected chi connectivity index (χ3v) is 6.63. The molecule has 2 aromatic rings. The van der Waals surface area contributed by atoms with E-state index in [0.29, 0.717) is 23.1 Å². The van der Waals surface area contributed by atoms with Crippen molar-refractivity contribution in [3.63, 3.8) is 0 Å². The van der Waals surface area contributed by atoms with Gasteiger partial charge in [0.15, 0.2) is 5.60 Å². The van der Waals surface area contributed by atoms with E-state index in [1.165, 1.54) is 24.4 Å². The van der Waals surface area contributed by atoms with Gasteiger partial charge in [-0.05, 0) is 73.6 Å². The number of nitrogens with zero attached hydrogens (tertiary/aromatic N) is 1. The lowest BCUT2D eigenvalue weighted by Gasteiger charge is -2.39. The molecule has 0 aromatic heterocycles. The number of allylic oxidation sites excluding steroid dienone is 2. The van der Waals surface area contributed by atoms with Crippen molar-refractivity contribution in [2.24, 2.45) is 11.1 Å². The number of carbonyl (C=O) groups is 2. The Morgan fingerprint density at radius 2 is 1.72 bits per heavy atom. The highest BCUT2D eigenvalue weighted by Gasteiger charge is 2.57. The number of carboxylic acid groups (broad SMARTS) is 1. The van der Waals surface area contributed by atoms with Crippen LogP contribution in [0.2, 0.25) is 0 Å². The molecule has 0 aliphatic heterocycles. The number of hydrogen-bond donors (Lipinski definition) is 2. The van der Waals surface area contributed by atoms with Crippen LogP contribution in [-0.4, -0.2) is 47.1 Å². The second-order valence-electron chi connectivity index (χ2n) is 11.9. The maximum Gasteiger partial charge on any atom is 0.421 e. The summed E-state index contributed by atoms with van der Waals surface area (Å²) in [5.74, 6) is -1.52. The van der Waals surface area contributed by atoms with Gasteiger partial charge in [-0.15, -0.1) is 0 Å². The summed E-state index contributed by atoms with van der Waals surface area (Å²) >= 11 is 0. The molecule has 0 radical (unpaired) electrons. The highest BCUT2D eigenvalue weighted by molar-refractivity contribution is 5.96. The van der Waals surface area contributed by atoms with Crippen molar-refractivity contribution in [1.29, 1.82) is 0 Å². The molecular weight excluding hydrogens is 561 g/mol. The topological polar surface area (TPSA) is 97.2 Å². The van der Waals surface area contributed by atoms with Crippen molar-refractivity contribution in [2.75, 3.05) is 6.54 Å². The zero-order valence-corrected chi connectivity index (χ0v) is 25.1. The summed E-state index contributed by atoms with van der Waals surface area (Å²) in [6, 6.07) is 15.2. The molecule has 0 fully saturated rings. The summed E-state index contributed by atoms with van der Waals surface area (Å²) in [4.78, 5) is 28.6. The van der Waals surface area contributed by atoms with Crippen LogP contribution in [-0.2, 0) is 14.4 Å². The summed E-state index contributed by atoms with van der Waals surface area (Å²) in [5.41, 5.74) is -0.905. The second-order valence-corrected chi connectivity index (χ2v) is 11.9. The molecule has 0 spiro atoms. The quantitative estimate of drug-likeness (QED) is 0.194. The molecule has 2 unspecified atom stereocenters. The van der Waals surface area contributed by atoms with Crippen LogP contribution in [0.15, 0.2) is 77.5 Å². The molecule has 10 heteroatoms. The number of alkyl halides is 3. The summed E-state index contributed by atoms with van der Waals surface area (Å²) in [7, 11) is 0. The molecule has 1 amide bonds. The van der Waals surface area contributed by atoms with Gasteiger partial charge in [-0.1, -0.05) is 67.5 Å². The molecule has 0 saturated heterocycles. The summed E-state index contributed by atoms with van der Waals surface area (Å²) in [5, 5.41) is 15.3. The van der Waals surface area contributed by atoms with Crippen LogP contribution in [0.4, 0.5) is 13.2 Å². The molecule has 1 aliphatic rings. The third-order valence-electron chi connectivity index (χ3n) is 6.63. The van der Waals surface area contributed by atoms with Crippen LogP contribution in [0, 0.1) is 5.92 Å². The Bertz CT molecular complexity index is 1340. The second kappa shape index (κ2) is 14.0. The van der Waals surface area contributed by atoms with Crippen LogP contribution in [0.5, 0.6) is 0 Å². The fourth-order valence-corrected chi connectivity index (χ4v) is 4.54. The summed E-state index contributed by atoms with van der Waals surface area (Å²) in [6.45, 7) is 9.13. The fourth-order valence-electron chi connectivity index (χ4n) is 4.54. The number of carboxylic acids is 1. The third kappa shape index (κ3) is 9.54. The number of amides is 1. The maximum atomic E-state index is 15.0. The molecule has 7 nitrogen and oxygen atoms in total. The highest BCUT2D eigenvalue weighted by Crippen LogP contribution is 2.47. The van der Waals surface area contributed by atoms with Crippen LogP contribution in [0.3, 0.4) is 0 Å². The molecule has 1 aliphatic carbocycles. The van der Waals surface area contributed by atoms with E-state index in [9.17, 15) is 9.59 Å². The van der Waals surface area contributed by atoms with E-state index in [-0.39, 0.29) is 24.4 Å². The molecule has 2 atom stereocenters. The first-order valence-corrected chi connectivity index (χ1v) is 14.1. The van der Waals surface area contributed by atoms with E-state index in [4.69, 9.17) is 14.7 Å². The van der Waals surface area contributed by atoms with Crippen molar-refractivity contribution in [2.45, 2.75) is 77.4 Å². The maximum absolute atomic E-state index is 15.0. The van der Waals surface area contributed by atoms with Crippen LogP contribution in [0.1, 0.15) is 81.5 Å². The van der Waals surface area contributed by atoms with Gasteiger partial charge in [0, 0.05) is 18.5 Å². The van der Waals surface area contributed by atoms with Gasteiger partial charge in [0.05, 0.1) is 18.7 Å². The Hall–Kier alpha value is -3.92. The zero-order valence-electron chi connectivity index (χ0n) is 25.1. The lowest BCUT2D eigenvalue weighted by atomic mass is 9.82. The van der Waals surface area contributed by atoms with Gasteiger partial charge in [-0.3, -0.25) is 9.59 Å². The normalized spacial score (nSPS) is 18.3. The van der Waals surface area contributed by atoms with Crippen LogP contribution >= 0.6 is 0 Å². The van der Waals surface area contributed by atoms with Gasteiger partial charge in [-0.2, -0.15) is 13.2 Å². The van der Waals surface area contributed by atoms with E-state index >= 15 is 13.2 Å². The highest BCUT2D eigenvalue weighted by atomic mass is 19.4. The lowest BCUT2D eigenvalue weighted by molar-refractivity contribution is -0.273. The molecular formula is C33H39F3N2O5. The number of halogens is 3. The van der Waals surface area contributed by atoms with Crippen molar-refractivity contribution in [3.05, 3.63) is 89.0 Å². The Morgan fingerprint density at radius 3 is 2.28 bits per heavy atom. The zero-order chi connectivity index (χ0) is 31.8. The minimum atomic E-state index is -4.77. The van der Waals surface area contributed by atoms with E-state index < -0.39 is 41.8 Å². The Morgan fingerprint density at radius 1 is 1.07 bits per heavy atom. The largest absolute Gasteiger partial charge is 0.481 e. The molecule has 43 heavy (non-hydrogen) atoms. The standard InChI is InChI=1S/C33H39F3N2O5/c1-22(2)19-28(24-11-13-25(14-12-24)30(41)37-18-16-29(39)40)42-32(33(34,35)36)17-15-27(23-9-7-6-8-10-23)26(20-32)21-38-43-31(3,4)5/h6-15,17,21-22,28H,16,18-20H2,1-5H3,(H,37,41)(H,39,40). The van der Waals surface area contributed by atoms with Crippen molar-refractivity contribution >= 4 is 23.7 Å². The average Bonchev–Trinajstić information content (AvgIpc) is 2.91. The first-order chi connectivity index (χ1) is 20.1. The summed E-state index contributed by atoms with van der Waals surface area (Å²) in [6.07, 6.45) is -2.33. The number of aliphatic carboxylic acids is 1.